The van der Waals surface area contributed by atoms with Crippen LogP contribution in [0.3, 0.4) is 0 Å². The zero-order chi connectivity index (χ0) is 20.6. The summed E-state index contributed by atoms with van der Waals surface area (Å²) < 4.78 is 0. The number of carbonyl (C=O) groups is 3. The van der Waals surface area contributed by atoms with E-state index in [0.717, 1.165) is 25.7 Å². The molecule has 1 aromatic carbocycles. The van der Waals surface area contributed by atoms with Gasteiger partial charge in [0.25, 0.3) is 11.8 Å². The van der Waals surface area contributed by atoms with E-state index in [1.54, 1.807) is 31.2 Å². The van der Waals surface area contributed by atoms with Crippen LogP contribution in [0.5, 0.6) is 0 Å². The second-order valence-electron chi connectivity index (χ2n) is 7.42. The predicted octanol–water partition coefficient (Wildman–Crippen LogP) is 3.38. The minimum Gasteiger partial charge on any atom is -0.349 e. The molecule has 0 radical (unpaired) electrons. The molecule has 3 N–H and O–H groups in total. The SMILES string of the molecule is C[C@@H](CC(=O)NNC(=O)c1cc2c(s1)CCCCCC2)NC(=O)c1ccccc1. The Labute approximate surface area is 175 Å². The number of hydrogen-bond acceptors (Lipinski definition) is 4. The smallest absolute Gasteiger partial charge is 0.279 e. The molecule has 1 aromatic heterocycles. The summed E-state index contributed by atoms with van der Waals surface area (Å²) >= 11 is 1.52. The number of amides is 3. The molecule has 0 bridgehead atoms. The van der Waals surface area contributed by atoms with Crippen LogP contribution in [0.4, 0.5) is 0 Å². The van der Waals surface area contributed by atoms with Crippen molar-refractivity contribution in [3.63, 3.8) is 0 Å². The highest BCUT2D eigenvalue weighted by Gasteiger charge is 2.17. The third kappa shape index (κ3) is 6.15. The van der Waals surface area contributed by atoms with Crippen LogP contribution in [0.15, 0.2) is 36.4 Å². The van der Waals surface area contributed by atoms with Crippen molar-refractivity contribution >= 4 is 29.1 Å². The first-order valence-electron chi connectivity index (χ1n) is 10.1. The van der Waals surface area contributed by atoms with Crippen molar-refractivity contribution in [2.75, 3.05) is 0 Å². The first kappa shape index (κ1) is 21.0. The minimum atomic E-state index is -0.360. The average molecular weight is 414 g/mol. The number of benzene rings is 1. The first-order chi connectivity index (χ1) is 14.0. The number of rotatable bonds is 5. The number of carbonyl (C=O) groups excluding carboxylic acids is 3. The quantitative estimate of drug-likeness (QED) is 0.657. The average Bonchev–Trinajstić information content (AvgIpc) is 3.08. The molecule has 0 unspecified atom stereocenters. The van der Waals surface area contributed by atoms with Gasteiger partial charge in [-0.15, -0.1) is 11.3 Å². The van der Waals surface area contributed by atoms with Crippen LogP contribution in [-0.2, 0) is 17.6 Å². The van der Waals surface area contributed by atoms with E-state index >= 15 is 0 Å². The second kappa shape index (κ2) is 10.2. The fourth-order valence-corrected chi connectivity index (χ4v) is 4.57. The Hall–Kier alpha value is -2.67. The lowest BCUT2D eigenvalue weighted by Crippen LogP contribution is -2.44. The van der Waals surface area contributed by atoms with E-state index < -0.39 is 0 Å². The van der Waals surface area contributed by atoms with Crippen LogP contribution in [0.25, 0.3) is 0 Å². The van der Waals surface area contributed by atoms with Crippen molar-refractivity contribution in [3.05, 3.63) is 57.3 Å². The molecule has 0 saturated carbocycles. The molecule has 0 aliphatic heterocycles. The van der Waals surface area contributed by atoms with Crippen molar-refractivity contribution in [1.82, 2.24) is 16.2 Å². The molecule has 29 heavy (non-hydrogen) atoms. The summed E-state index contributed by atoms with van der Waals surface area (Å²) in [5.74, 6) is -0.879. The molecule has 3 rings (SSSR count). The van der Waals surface area contributed by atoms with Gasteiger partial charge in [-0.3, -0.25) is 25.2 Å². The van der Waals surface area contributed by atoms with Gasteiger partial charge in [0.05, 0.1) is 4.88 Å². The lowest BCUT2D eigenvalue weighted by molar-refractivity contribution is -0.122. The highest BCUT2D eigenvalue weighted by molar-refractivity contribution is 7.14. The summed E-state index contributed by atoms with van der Waals surface area (Å²) in [4.78, 5) is 38.6. The van der Waals surface area contributed by atoms with E-state index in [9.17, 15) is 14.4 Å². The van der Waals surface area contributed by atoms with Gasteiger partial charge in [0.1, 0.15) is 0 Å². The van der Waals surface area contributed by atoms with E-state index in [-0.39, 0.29) is 30.2 Å². The second-order valence-corrected chi connectivity index (χ2v) is 8.56. The molecule has 3 amide bonds. The van der Waals surface area contributed by atoms with Gasteiger partial charge in [0.15, 0.2) is 0 Å². The molecule has 1 aliphatic rings. The summed E-state index contributed by atoms with van der Waals surface area (Å²) in [6.07, 6.45) is 6.92. The Kier molecular flexibility index (Phi) is 7.41. The molecule has 7 heteroatoms. The van der Waals surface area contributed by atoms with Gasteiger partial charge in [0.2, 0.25) is 5.91 Å². The van der Waals surface area contributed by atoms with Crippen LogP contribution in [0, 0.1) is 0 Å². The standard InChI is InChI=1S/C22H27N3O3S/c1-15(23-21(27)16-9-6-4-7-10-16)13-20(26)24-25-22(28)19-14-17-11-5-2-3-8-12-18(17)29-19/h4,6-7,9-10,14-15H,2-3,5,8,11-13H2,1H3,(H,23,27)(H,24,26)(H,25,28)/t15-/m0/s1. The zero-order valence-corrected chi connectivity index (χ0v) is 17.4. The minimum absolute atomic E-state index is 0.0692. The normalized spacial score (nSPS) is 14.7. The van der Waals surface area contributed by atoms with Crippen LogP contribution >= 0.6 is 11.3 Å². The van der Waals surface area contributed by atoms with Gasteiger partial charge in [-0.25, -0.2) is 0 Å². The third-order valence-electron chi connectivity index (χ3n) is 4.94. The van der Waals surface area contributed by atoms with Crippen molar-refractivity contribution < 1.29 is 14.4 Å². The summed E-state index contributed by atoms with van der Waals surface area (Å²) in [7, 11) is 0. The first-order valence-corrected chi connectivity index (χ1v) is 10.9. The predicted molar refractivity (Wildman–Crippen MR) is 114 cm³/mol. The number of nitrogens with one attached hydrogen (secondary N) is 3. The largest absolute Gasteiger partial charge is 0.349 e. The van der Waals surface area contributed by atoms with Gasteiger partial charge in [-0.1, -0.05) is 31.0 Å². The van der Waals surface area contributed by atoms with Gasteiger partial charge in [-0.2, -0.15) is 0 Å². The Bertz CT molecular complexity index is 838. The Balaban J connectivity index is 1.45. The lowest BCUT2D eigenvalue weighted by atomic mass is 10.00. The molecule has 1 heterocycles. The molecule has 0 fully saturated rings. The number of aryl methyl sites for hydroxylation is 2. The number of hydrogen-bond donors (Lipinski definition) is 3. The molecule has 0 saturated heterocycles. The zero-order valence-electron chi connectivity index (χ0n) is 16.6. The van der Waals surface area contributed by atoms with E-state index in [1.165, 1.54) is 34.6 Å². The summed E-state index contributed by atoms with van der Waals surface area (Å²) in [5, 5.41) is 2.78. The van der Waals surface area contributed by atoms with Crippen LogP contribution < -0.4 is 16.2 Å². The van der Waals surface area contributed by atoms with Crippen LogP contribution in [-0.4, -0.2) is 23.8 Å². The van der Waals surface area contributed by atoms with E-state index in [1.807, 2.05) is 12.1 Å². The maximum Gasteiger partial charge on any atom is 0.279 e. The number of hydrazine groups is 1. The van der Waals surface area contributed by atoms with E-state index in [4.69, 9.17) is 0 Å². The Morgan fingerprint density at radius 2 is 1.69 bits per heavy atom. The number of fused-ring (bicyclic) bond motifs is 1. The van der Waals surface area contributed by atoms with Crippen molar-refractivity contribution in [3.8, 4) is 0 Å². The monoisotopic (exact) mass is 413 g/mol. The third-order valence-corrected chi connectivity index (χ3v) is 6.18. The molecule has 6 nitrogen and oxygen atoms in total. The molecular formula is C22H27N3O3S. The topological polar surface area (TPSA) is 87.3 Å². The highest BCUT2D eigenvalue weighted by Crippen LogP contribution is 2.28. The summed E-state index contributed by atoms with van der Waals surface area (Å²) in [6.45, 7) is 1.75. The molecule has 1 atom stereocenters. The van der Waals surface area contributed by atoms with Gasteiger partial charge >= 0.3 is 0 Å². The van der Waals surface area contributed by atoms with Crippen molar-refractivity contribution in [2.24, 2.45) is 0 Å². The molecule has 0 spiro atoms. The lowest BCUT2D eigenvalue weighted by Gasteiger charge is -2.14. The molecule has 1 aliphatic carbocycles. The Morgan fingerprint density at radius 3 is 2.45 bits per heavy atom. The van der Waals surface area contributed by atoms with Gasteiger partial charge < -0.3 is 5.32 Å². The maximum absolute atomic E-state index is 12.4. The fraction of sp³-hybridized carbons (Fsp3) is 0.409. The fourth-order valence-electron chi connectivity index (χ4n) is 3.42. The van der Waals surface area contributed by atoms with Gasteiger partial charge in [0, 0.05) is 22.9 Å². The van der Waals surface area contributed by atoms with Crippen molar-refractivity contribution in [2.45, 2.75) is 57.9 Å². The van der Waals surface area contributed by atoms with Crippen LogP contribution in [0.2, 0.25) is 0 Å². The summed E-state index contributed by atoms with van der Waals surface area (Å²) in [5.41, 5.74) is 6.75. The van der Waals surface area contributed by atoms with E-state index in [0.29, 0.717) is 10.4 Å². The highest BCUT2D eigenvalue weighted by atomic mass is 32.1. The number of thiophene rings is 1. The Morgan fingerprint density at radius 1 is 0.966 bits per heavy atom. The van der Waals surface area contributed by atoms with E-state index in [2.05, 4.69) is 16.2 Å². The maximum atomic E-state index is 12.4. The molecule has 2 aromatic rings. The molecular weight excluding hydrogens is 386 g/mol. The van der Waals surface area contributed by atoms with Crippen LogP contribution in [0.1, 0.15) is 69.5 Å². The van der Waals surface area contributed by atoms with Gasteiger partial charge in [-0.05, 0) is 56.4 Å². The summed E-state index contributed by atoms with van der Waals surface area (Å²) in [6, 6.07) is 10.4. The molecule has 154 valence electrons. The van der Waals surface area contributed by atoms with Crippen molar-refractivity contribution in [1.29, 1.82) is 0 Å².